The normalized spacial score (nSPS) is 19.6. The van der Waals surface area contributed by atoms with Crippen LogP contribution in [-0.2, 0) is 4.74 Å². The summed E-state index contributed by atoms with van der Waals surface area (Å²) >= 11 is 0. The Morgan fingerprint density at radius 2 is 2.00 bits per heavy atom. The van der Waals surface area contributed by atoms with E-state index in [4.69, 9.17) is 15.5 Å². The molecule has 3 rings (SSSR count). The van der Waals surface area contributed by atoms with Gasteiger partial charge in [0.2, 0.25) is 0 Å². The Morgan fingerprint density at radius 3 is 2.57 bits per heavy atom. The highest BCUT2D eigenvalue weighted by atomic mass is 16.5. The van der Waals surface area contributed by atoms with Crippen LogP contribution >= 0.6 is 0 Å². The number of nitrogen functional groups attached to an aromatic ring is 1. The van der Waals surface area contributed by atoms with Crippen molar-refractivity contribution in [3.05, 3.63) is 11.4 Å². The molecule has 2 aliphatic rings. The van der Waals surface area contributed by atoms with Gasteiger partial charge in [0.25, 0.3) is 0 Å². The molecule has 1 aromatic rings. The lowest BCUT2D eigenvalue weighted by atomic mass is 10.1. The Bertz CT molecular complexity index is 511. The van der Waals surface area contributed by atoms with Crippen molar-refractivity contribution < 1.29 is 4.74 Å². The first-order valence-electron chi connectivity index (χ1n) is 8.01. The summed E-state index contributed by atoms with van der Waals surface area (Å²) in [6, 6.07) is 0.486. The van der Waals surface area contributed by atoms with Gasteiger partial charge in [-0.1, -0.05) is 0 Å². The standard InChI is InChI=1S/C16H26N4O/c1-10-14(17)18-15(13-6-7-13)19-16(10)20(8-9-21-3)11(2)12-4-5-12/h11-13H,4-9H2,1-3H3,(H2,17,18,19). The van der Waals surface area contributed by atoms with Crippen LogP contribution in [-0.4, -0.2) is 36.3 Å². The fraction of sp³-hybridized carbons (Fsp3) is 0.750. The van der Waals surface area contributed by atoms with E-state index < -0.39 is 0 Å². The first-order chi connectivity index (χ1) is 10.1. The topological polar surface area (TPSA) is 64.3 Å². The third kappa shape index (κ3) is 3.12. The lowest BCUT2D eigenvalue weighted by Gasteiger charge is -2.32. The third-order valence-corrected chi connectivity index (χ3v) is 4.72. The first kappa shape index (κ1) is 14.6. The zero-order valence-corrected chi connectivity index (χ0v) is 13.3. The molecule has 1 heterocycles. The number of hydrogen-bond acceptors (Lipinski definition) is 5. The average Bonchev–Trinajstić information content (AvgIpc) is 3.34. The maximum Gasteiger partial charge on any atom is 0.137 e. The van der Waals surface area contributed by atoms with Crippen molar-refractivity contribution in [3.63, 3.8) is 0 Å². The molecule has 1 unspecified atom stereocenters. The van der Waals surface area contributed by atoms with Gasteiger partial charge in [-0.25, -0.2) is 9.97 Å². The van der Waals surface area contributed by atoms with Crippen LogP contribution in [0.2, 0.25) is 0 Å². The van der Waals surface area contributed by atoms with E-state index in [0.29, 0.717) is 24.4 Å². The molecule has 0 spiro atoms. The SMILES string of the molecule is COCCN(c1nc(C2CC2)nc(N)c1C)C(C)C1CC1. The summed E-state index contributed by atoms with van der Waals surface area (Å²) in [7, 11) is 1.75. The second kappa shape index (κ2) is 5.79. The van der Waals surface area contributed by atoms with Crippen LogP contribution in [0.5, 0.6) is 0 Å². The van der Waals surface area contributed by atoms with Gasteiger partial charge >= 0.3 is 0 Å². The molecule has 1 atom stereocenters. The molecule has 5 heteroatoms. The Kier molecular flexibility index (Phi) is 4.02. The molecule has 2 saturated carbocycles. The van der Waals surface area contributed by atoms with Gasteiger partial charge in [-0.05, 0) is 45.4 Å². The van der Waals surface area contributed by atoms with Crippen LogP contribution < -0.4 is 10.6 Å². The summed E-state index contributed by atoms with van der Waals surface area (Å²) in [5.41, 5.74) is 7.14. The van der Waals surface area contributed by atoms with E-state index in [2.05, 4.69) is 16.8 Å². The van der Waals surface area contributed by atoms with E-state index in [0.717, 1.165) is 29.7 Å². The summed E-state index contributed by atoms with van der Waals surface area (Å²) in [5.74, 6) is 3.88. The molecule has 21 heavy (non-hydrogen) atoms. The summed E-state index contributed by atoms with van der Waals surface area (Å²) in [6.07, 6.45) is 5.02. The monoisotopic (exact) mass is 290 g/mol. The lowest BCUT2D eigenvalue weighted by Crippen LogP contribution is -2.38. The number of nitrogens with zero attached hydrogens (tertiary/aromatic N) is 3. The maximum absolute atomic E-state index is 6.14. The maximum atomic E-state index is 6.14. The molecule has 2 aliphatic carbocycles. The van der Waals surface area contributed by atoms with Gasteiger partial charge in [0.15, 0.2) is 0 Å². The number of nitrogens with two attached hydrogens (primary N) is 1. The smallest absolute Gasteiger partial charge is 0.137 e. The molecule has 5 nitrogen and oxygen atoms in total. The van der Waals surface area contributed by atoms with Crippen molar-refractivity contribution in [2.75, 3.05) is 30.9 Å². The van der Waals surface area contributed by atoms with Gasteiger partial charge in [-0.15, -0.1) is 0 Å². The number of aromatic nitrogens is 2. The van der Waals surface area contributed by atoms with Gasteiger partial charge < -0.3 is 15.4 Å². The molecule has 0 aromatic carbocycles. The number of anilines is 2. The zero-order chi connectivity index (χ0) is 15.0. The zero-order valence-electron chi connectivity index (χ0n) is 13.3. The van der Waals surface area contributed by atoms with Crippen LogP contribution in [0, 0.1) is 12.8 Å². The van der Waals surface area contributed by atoms with Crippen LogP contribution in [0.3, 0.4) is 0 Å². The molecular formula is C16H26N4O. The quantitative estimate of drug-likeness (QED) is 0.836. The van der Waals surface area contributed by atoms with Crippen molar-refractivity contribution in [2.45, 2.75) is 51.5 Å². The second-order valence-electron chi connectivity index (χ2n) is 6.45. The van der Waals surface area contributed by atoms with Crippen LogP contribution in [0.1, 0.15) is 49.9 Å². The average molecular weight is 290 g/mol. The number of ether oxygens (including phenoxy) is 1. The van der Waals surface area contributed by atoms with Crippen molar-refractivity contribution in [1.29, 1.82) is 0 Å². The van der Waals surface area contributed by atoms with E-state index >= 15 is 0 Å². The molecule has 0 aliphatic heterocycles. The van der Waals surface area contributed by atoms with Gasteiger partial charge in [0.1, 0.15) is 17.5 Å². The Balaban J connectivity index is 1.92. The minimum atomic E-state index is 0.486. The highest BCUT2D eigenvalue weighted by molar-refractivity contribution is 5.57. The van der Waals surface area contributed by atoms with E-state index in [-0.39, 0.29) is 0 Å². The van der Waals surface area contributed by atoms with Gasteiger partial charge in [0.05, 0.1) is 6.61 Å². The molecule has 0 bridgehead atoms. The molecule has 2 N–H and O–H groups in total. The number of methoxy groups -OCH3 is 1. The van der Waals surface area contributed by atoms with Crippen molar-refractivity contribution in [1.82, 2.24) is 9.97 Å². The Hall–Kier alpha value is -1.36. The number of hydrogen-bond donors (Lipinski definition) is 1. The summed E-state index contributed by atoms with van der Waals surface area (Å²) in [6.45, 7) is 5.89. The van der Waals surface area contributed by atoms with E-state index in [1.807, 2.05) is 6.92 Å². The molecule has 0 amide bonds. The minimum Gasteiger partial charge on any atom is -0.383 e. The fourth-order valence-electron chi connectivity index (χ4n) is 2.87. The largest absolute Gasteiger partial charge is 0.383 e. The van der Waals surface area contributed by atoms with Gasteiger partial charge in [-0.3, -0.25) is 0 Å². The molecule has 0 saturated heterocycles. The molecular weight excluding hydrogens is 264 g/mol. The van der Waals surface area contributed by atoms with E-state index in [1.165, 1.54) is 25.7 Å². The molecule has 0 radical (unpaired) electrons. The highest BCUT2D eigenvalue weighted by Crippen LogP contribution is 2.41. The highest BCUT2D eigenvalue weighted by Gasteiger charge is 2.34. The first-order valence-corrected chi connectivity index (χ1v) is 8.01. The van der Waals surface area contributed by atoms with Crippen molar-refractivity contribution in [3.8, 4) is 0 Å². The lowest BCUT2D eigenvalue weighted by molar-refractivity contribution is 0.202. The molecule has 2 fully saturated rings. The third-order valence-electron chi connectivity index (χ3n) is 4.72. The fourth-order valence-corrected chi connectivity index (χ4v) is 2.87. The predicted octanol–water partition coefficient (Wildman–Crippen LogP) is 2.50. The summed E-state index contributed by atoms with van der Waals surface area (Å²) in [4.78, 5) is 11.7. The molecule has 1 aromatic heterocycles. The van der Waals surface area contributed by atoms with Crippen LogP contribution in [0.25, 0.3) is 0 Å². The van der Waals surface area contributed by atoms with Crippen molar-refractivity contribution in [2.24, 2.45) is 5.92 Å². The predicted molar refractivity (Wildman–Crippen MR) is 84.6 cm³/mol. The Morgan fingerprint density at radius 1 is 1.29 bits per heavy atom. The van der Waals surface area contributed by atoms with E-state index in [9.17, 15) is 0 Å². The van der Waals surface area contributed by atoms with Gasteiger partial charge in [0, 0.05) is 31.2 Å². The second-order valence-corrected chi connectivity index (χ2v) is 6.45. The van der Waals surface area contributed by atoms with Gasteiger partial charge in [-0.2, -0.15) is 0 Å². The number of rotatable bonds is 7. The minimum absolute atomic E-state index is 0.486. The molecule has 116 valence electrons. The Labute approximate surface area is 126 Å². The van der Waals surface area contributed by atoms with Crippen LogP contribution in [0.4, 0.5) is 11.6 Å². The van der Waals surface area contributed by atoms with Crippen LogP contribution in [0.15, 0.2) is 0 Å². The van der Waals surface area contributed by atoms with E-state index in [1.54, 1.807) is 7.11 Å². The summed E-state index contributed by atoms with van der Waals surface area (Å²) < 4.78 is 5.29. The van der Waals surface area contributed by atoms with Crippen molar-refractivity contribution >= 4 is 11.6 Å². The summed E-state index contributed by atoms with van der Waals surface area (Å²) in [5, 5.41) is 0.